The van der Waals surface area contributed by atoms with Crippen LogP contribution < -0.4 is 20.7 Å². The summed E-state index contributed by atoms with van der Waals surface area (Å²) in [6.07, 6.45) is 2.06. The SMILES string of the molecule is CCC(Sc1cccc(NC(=O)/C(=C\c2ccccc2OC)NC(=O)c2ccccc2)c1)C(=O)Nc1ccc(F)c(Cl)c1. The molecule has 0 aromatic heterocycles. The number of para-hydroxylation sites is 1. The number of carbonyl (C=O) groups is 3. The highest BCUT2D eigenvalue weighted by Gasteiger charge is 2.20. The Morgan fingerprint density at radius 2 is 1.63 bits per heavy atom. The first-order valence-corrected chi connectivity index (χ1v) is 14.6. The van der Waals surface area contributed by atoms with Crippen molar-refractivity contribution >= 4 is 58.5 Å². The van der Waals surface area contributed by atoms with Crippen LogP contribution in [0.15, 0.2) is 108 Å². The fourth-order valence-corrected chi connectivity index (χ4v) is 5.21. The number of halogens is 2. The van der Waals surface area contributed by atoms with E-state index in [9.17, 15) is 18.8 Å². The number of rotatable bonds is 11. The molecule has 0 saturated carbocycles. The lowest BCUT2D eigenvalue weighted by atomic mass is 10.1. The highest BCUT2D eigenvalue weighted by Crippen LogP contribution is 2.29. The molecular weight excluding hydrogens is 589 g/mol. The summed E-state index contributed by atoms with van der Waals surface area (Å²) in [6.45, 7) is 1.88. The van der Waals surface area contributed by atoms with Crippen LogP contribution in [0.4, 0.5) is 15.8 Å². The Bertz CT molecular complexity index is 1650. The Morgan fingerprint density at radius 3 is 2.35 bits per heavy atom. The van der Waals surface area contributed by atoms with Crippen molar-refractivity contribution in [2.45, 2.75) is 23.5 Å². The van der Waals surface area contributed by atoms with Crippen molar-refractivity contribution in [2.75, 3.05) is 17.7 Å². The Hall–Kier alpha value is -4.60. The summed E-state index contributed by atoms with van der Waals surface area (Å²) in [6, 6.07) is 26.7. The minimum atomic E-state index is -0.569. The van der Waals surface area contributed by atoms with Crippen molar-refractivity contribution in [2.24, 2.45) is 0 Å². The van der Waals surface area contributed by atoms with Gasteiger partial charge in [0, 0.05) is 27.4 Å². The molecule has 0 aliphatic heterocycles. The monoisotopic (exact) mass is 617 g/mol. The second-order valence-corrected chi connectivity index (χ2v) is 10.9. The van der Waals surface area contributed by atoms with Gasteiger partial charge in [-0.3, -0.25) is 14.4 Å². The number of carbonyl (C=O) groups excluding carboxylic acids is 3. The maximum absolute atomic E-state index is 13.5. The number of benzene rings is 4. The zero-order valence-electron chi connectivity index (χ0n) is 23.4. The van der Waals surface area contributed by atoms with Crippen LogP contribution in [0, 0.1) is 5.82 Å². The lowest BCUT2D eigenvalue weighted by Gasteiger charge is -2.16. The van der Waals surface area contributed by atoms with Crippen LogP contribution in [0.25, 0.3) is 6.08 Å². The second-order valence-electron chi connectivity index (χ2n) is 9.23. The van der Waals surface area contributed by atoms with Crippen molar-refractivity contribution < 1.29 is 23.5 Å². The molecule has 0 bridgehead atoms. The van der Waals surface area contributed by atoms with E-state index >= 15 is 0 Å². The van der Waals surface area contributed by atoms with E-state index in [0.717, 1.165) is 4.90 Å². The van der Waals surface area contributed by atoms with Crippen LogP contribution in [0.5, 0.6) is 5.75 Å². The molecule has 0 aliphatic carbocycles. The molecule has 43 heavy (non-hydrogen) atoms. The number of amides is 3. The Morgan fingerprint density at radius 1 is 0.907 bits per heavy atom. The molecule has 1 atom stereocenters. The summed E-state index contributed by atoms with van der Waals surface area (Å²) in [7, 11) is 1.52. The molecule has 3 amide bonds. The van der Waals surface area contributed by atoms with Gasteiger partial charge in [-0.05, 0) is 67.1 Å². The standard InChI is InChI=1S/C33H29ClFN3O4S/c1-3-30(33(41)37-24-16-17-27(35)26(34)20-24)43-25-14-9-13-23(19-25)36-32(40)28(18-22-12-7-8-15-29(22)42-2)38-31(39)21-10-5-4-6-11-21/h4-20,30H,3H2,1-2H3,(H,36,40)(H,37,41)(H,38,39)/b28-18+. The van der Waals surface area contributed by atoms with Gasteiger partial charge in [-0.1, -0.05) is 61.0 Å². The van der Waals surface area contributed by atoms with E-state index in [2.05, 4.69) is 16.0 Å². The zero-order valence-corrected chi connectivity index (χ0v) is 25.0. The molecule has 0 fully saturated rings. The third kappa shape index (κ3) is 8.70. The summed E-state index contributed by atoms with van der Waals surface area (Å²) in [5.41, 5.74) is 1.87. The maximum atomic E-state index is 13.5. The molecule has 0 aliphatic rings. The van der Waals surface area contributed by atoms with Gasteiger partial charge in [-0.25, -0.2) is 4.39 Å². The van der Waals surface area contributed by atoms with Gasteiger partial charge < -0.3 is 20.7 Å². The lowest BCUT2D eigenvalue weighted by molar-refractivity contribution is -0.116. The van der Waals surface area contributed by atoms with E-state index in [1.165, 1.54) is 37.1 Å². The van der Waals surface area contributed by atoms with Gasteiger partial charge in [0.15, 0.2) is 0 Å². The normalized spacial score (nSPS) is 11.8. The van der Waals surface area contributed by atoms with Crippen LogP contribution in [0.2, 0.25) is 5.02 Å². The molecule has 0 heterocycles. The molecule has 0 saturated heterocycles. The first-order valence-electron chi connectivity index (χ1n) is 13.3. The average molecular weight is 618 g/mol. The number of methoxy groups -OCH3 is 1. The summed E-state index contributed by atoms with van der Waals surface area (Å²) in [5, 5.41) is 7.78. The Labute approximate surface area is 258 Å². The number of nitrogens with one attached hydrogen (secondary N) is 3. The van der Waals surface area contributed by atoms with Crippen molar-refractivity contribution in [1.29, 1.82) is 0 Å². The molecule has 4 aromatic rings. The highest BCUT2D eigenvalue weighted by molar-refractivity contribution is 8.00. The van der Waals surface area contributed by atoms with Crippen molar-refractivity contribution in [1.82, 2.24) is 5.32 Å². The molecule has 1 unspecified atom stereocenters. The molecule has 0 spiro atoms. The lowest BCUT2D eigenvalue weighted by Crippen LogP contribution is -2.30. The summed E-state index contributed by atoms with van der Waals surface area (Å²) in [4.78, 5) is 40.1. The van der Waals surface area contributed by atoms with Gasteiger partial charge >= 0.3 is 0 Å². The topological polar surface area (TPSA) is 96.5 Å². The Kier molecular flexibility index (Phi) is 11.0. The number of ether oxygens (including phenoxy) is 1. The van der Waals surface area contributed by atoms with Gasteiger partial charge in [-0.15, -0.1) is 11.8 Å². The van der Waals surface area contributed by atoms with E-state index in [1.54, 1.807) is 78.9 Å². The molecule has 4 aromatic carbocycles. The number of anilines is 2. The van der Waals surface area contributed by atoms with E-state index < -0.39 is 22.9 Å². The highest BCUT2D eigenvalue weighted by atomic mass is 35.5. The summed E-state index contributed by atoms with van der Waals surface area (Å²) >= 11 is 7.16. The Balaban J connectivity index is 1.52. The predicted octanol–water partition coefficient (Wildman–Crippen LogP) is 7.41. The maximum Gasteiger partial charge on any atom is 0.272 e. The van der Waals surface area contributed by atoms with Gasteiger partial charge in [0.2, 0.25) is 5.91 Å². The van der Waals surface area contributed by atoms with E-state index in [4.69, 9.17) is 16.3 Å². The number of hydrogen-bond acceptors (Lipinski definition) is 5. The molecule has 4 rings (SSSR count). The third-order valence-corrected chi connectivity index (χ3v) is 7.84. The smallest absolute Gasteiger partial charge is 0.272 e. The van der Waals surface area contributed by atoms with Crippen LogP contribution in [-0.2, 0) is 9.59 Å². The number of hydrogen-bond donors (Lipinski definition) is 3. The van der Waals surface area contributed by atoms with Crippen molar-refractivity contribution in [3.63, 3.8) is 0 Å². The van der Waals surface area contributed by atoms with Crippen molar-refractivity contribution in [3.8, 4) is 5.75 Å². The molecular formula is C33H29ClFN3O4S. The fourth-order valence-electron chi connectivity index (χ4n) is 4.01. The van der Waals surface area contributed by atoms with E-state index in [-0.39, 0.29) is 16.6 Å². The summed E-state index contributed by atoms with van der Waals surface area (Å²) < 4.78 is 18.9. The van der Waals surface area contributed by atoms with Crippen LogP contribution >= 0.6 is 23.4 Å². The van der Waals surface area contributed by atoms with Gasteiger partial charge in [0.05, 0.1) is 17.4 Å². The van der Waals surface area contributed by atoms with Crippen LogP contribution in [0.1, 0.15) is 29.3 Å². The van der Waals surface area contributed by atoms with E-state index in [0.29, 0.717) is 34.7 Å². The molecule has 3 N–H and O–H groups in total. The molecule has 0 radical (unpaired) electrons. The minimum absolute atomic E-state index is 0.0141. The van der Waals surface area contributed by atoms with Gasteiger partial charge in [0.25, 0.3) is 11.8 Å². The third-order valence-electron chi connectivity index (χ3n) is 6.19. The number of thioether (sulfide) groups is 1. The fraction of sp³-hybridized carbons (Fsp3) is 0.121. The first kappa shape index (κ1) is 31.3. The van der Waals surface area contributed by atoms with E-state index in [1.807, 2.05) is 13.0 Å². The minimum Gasteiger partial charge on any atom is -0.496 e. The molecule has 220 valence electrons. The zero-order chi connectivity index (χ0) is 30.8. The van der Waals surface area contributed by atoms with Crippen LogP contribution in [0.3, 0.4) is 0 Å². The largest absolute Gasteiger partial charge is 0.496 e. The second kappa shape index (κ2) is 15.0. The van der Waals surface area contributed by atoms with Gasteiger partial charge in [0.1, 0.15) is 17.3 Å². The predicted molar refractivity (Wildman–Crippen MR) is 170 cm³/mol. The first-order chi connectivity index (χ1) is 20.8. The van der Waals surface area contributed by atoms with Crippen molar-refractivity contribution in [3.05, 3.63) is 125 Å². The molecule has 10 heteroatoms. The molecule has 7 nitrogen and oxygen atoms in total. The quantitative estimate of drug-likeness (QED) is 0.120. The van der Waals surface area contributed by atoms with Crippen LogP contribution in [-0.4, -0.2) is 30.1 Å². The average Bonchev–Trinajstić information content (AvgIpc) is 3.02. The summed E-state index contributed by atoms with van der Waals surface area (Å²) in [5.74, 6) is -1.29. The van der Waals surface area contributed by atoms with Gasteiger partial charge in [-0.2, -0.15) is 0 Å².